The summed E-state index contributed by atoms with van der Waals surface area (Å²) in [5, 5.41) is 2.95. The van der Waals surface area contributed by atoms with Gasteiger partial charge in [0.05, 0.1) is 5.69 Å². The fraction of sp³-hybridized carbons (Fsp3) is 0.333. The summed E-state index contributed by atoms with van der Waals surface area (Å²) in [5.41, 5.74) is 6.77. The highest BCUT2D eigenvalue weighted by Crippen LogP contribution is 2.27. The zero-order valence-electron chi connectivity index (χ0n) is 15.9. The molecule has 0 aliphatic rings. The van der Waals surface area contributed by atoms with Crippen LogP contribution in [0.5, 0.6) is 0 Å². The first-order valence-corrected chi connectivity index (χ1v) is 8.42. The lowest BCUT2D eigenvalue weighted by molar-refractivity contribution is -0.120. The third kappa shape index (κ3) is 4.27. The van der Waals surface area contributed by atoms with Gasteiger partial charge >= 0.3 is 0 Å². The zero-order valence-corrected chi connectivity index (χ0v) is 15.9. The van der Waals surface area contributed by atoms with Crippen molar-refractivity contribution in [3.63, 3.8) is 0 Å². The number of hydrogen-bond acceptors (Lipinski definition) is 2. The van der Waals surface area contributed by atoms with E-state index in [2.05, 4.69) is 5.32 Å². The Labute approximate surface area is 149 Å². The fourth-order valence-electron chi connectivity index (χ4n) is 3.28. The number of hydrogen-bond donors (Lipinski definition) is 1. The minimum atomic E-state index is -0.202. The maximum absolute atomic E-state index is 12.6. The van der Waals surface area contributed by atoms with E-state index in [1.54, 1.807) is 4.90 Å². The molecule has 0 aliphatic heterocycles. The van der Waals surface area contributed by atoms with Gasteiger partial charge in [-0.3, -0.25) is 9.59 Å². The maximum Gasteiger partial charge on any atom is 0.244 e. The van der Waals surface area contributed by atoms with Crippen LogP contribution in [0.2, 0.25) is 0 Å². The summed E-state index contributed by atoms with van der Waals surface area (Å²) in [6.07, 6.45) is 0. The number of aryl methyl sites for hydroxylation is 5. The standard InChI is InChI=1S/C21H26N2O2/c1-13-10-16(4)21(17(5)11-13)23(18(6)24)12-19(25)22-20-14(2)8-7-9-15(20)3/h7-11H,12H2,1-6H3,(H,22,25). The van der Waals surface area contributed by atoms with Gasteiger partial charge in [-0.05, 0) is 56.9 Å². The number of para-hydroxylation sites is 1. The van der Waals surface area contributed by atoms with Crippen LogP contribution in [0.1, 0.15) is 34.7 Å². The summed E-state index contributed by atoms with van der Waals surface area (Å²) < 4.78 is 0. The lowest BCUT2D eigenvalue weighted by Crippen LogP contribution is -2.37. The maximum atomic E-state index is 12.6. The van der Waals surface area contributed by atoms with Gasteiger partial charge in [0.25, 0.3) is 0 Å². The highest BCUT2D eigenvalue weighted by molar-refractivity contribution is 6.03. The summed E-state index contributed by atoms with van der Waals surface area (Å²) in [7, 11) is 0. The molecule has 0 radical (unpaired) electrons. The van der Waals surface area contributed by atoms with Crippen LogP contribution >= 0.6 is 0 Å². The molecule has 2 amide bonds. The van der Waals surface area contributed by atoms with Gasteiger partial charge in [0, 0.05) is 12.6 Å². The van der Waals surface area contributed by atoms with Gasteiger partial charge < -0.3 is 10.2 Å². The minimum Gasteiger partial charge on any atom is -0.324 e. The van der Waals surface area contributed by atoms with E-state index in [9.17, 15) is 9.59 Å². The van der Waals surface area contributed by atoms with Crippen LogP contribution in [0, 0.1) is 34.6 Å². The quantitative estimate of drug-likeness (QED) is 0.907. The van der Waals surface area contributed by atoms with E-state index in [1.807, 2.05) is 65.0 Å². The molecule has 0 aliphatic carbocycles. The second-order valence-corrected chi connectivity index (χ2v) is 6.67. The molecule has 0 aromatic heterocycles. The van der Waals surface area contributed by atoms with Crippen LogP contribution in [-0.2, 0) is 9.59 Å². The van der Waals surface area contributed by atoms with E-state index in [0.29, 0.717) is 0 Å². The van der Waals surface area contributed by atoms with Crippen molar-refractivity contribution in [1.82, 2.24) is 0 Å². The highest BCUT2D eigenvalue weighted by atomic mass is 16.2. The van der Waals surface area contributed by atoms with Crippen LogP contribution < -0.4 is 10.2 Å². The van der Waals surface area contributed by atoms with Gasteiger partial charge in [-0.1, -0.05) is 35.9 Å². The topological polar surface area (TPSA) is 49.4 Å². The number of anilines is 2. The molecule has 25 heavy (non-hydrogen) atoms. The molecular formula is C21H26N2O2. The SMILES string of the molecule is CC(=O)N(CC(=O)Nc1c(C)cccc1C)c1c(C)cc(C)cc1C. The van der Waals surface area contributed by atoms with Gasteiger partial charge in [-0.25, -0.2) is 0 Å². The molecule has 4 nitrogen and oxygen atoms in total. The number of carbonyl (C=O) groups excluding carboxylic acids is 2. The van der Waals surface area contributed by atoms with Crippen molar-refractivity contribution < 1.29 is 9.59 Å². The Hall–Kier alpha value is -2.62. The lowest BCUT2D eigenvalue weighted by Gasteiger charge is -2.25. The molecule has 0 bridgehead atoms. The first-order valence-electron chi connectivity index (χ1n) is 8.42. The average Bonchev–Trinajstić information content (AvgIpc) is 2.49. The lowest BCUT2D eigenvalue weighted by atomic mass is 10.0. The van der Waals surface area contributed by atoms with Gasteiger partial charge in [0.1, 0.15) is 6.54 Å². The third-order valence-electron chi connectivity index (χ3n) is 4.33. The van der Waals surface area contributed by atoms with Gasteiger partial charge in [-0.2, -0.15) is 0 Å². The number of amides is 2. The minimum absolute atomic E-state index is 0.00610. The van der Waals surface area contributed by atoms with Crippen molar-refractivity contribution in [3.8, 4) is 0 Å². The second-order valence-electron chi connectivity index (χ2n) is 6.67. The van der Waals surface area contributed by atoms with Crippen molar-refractivity contribution in [2.75, 3.05) is 16.8 Å². The smallest absolute Gasteiger partial charge is 0.244 e. The monoisotopic (exact) mass is 338 g/mol. The zero-order chi connectivity index (χ0) is 18.7. The van der Waals surface area contributed by atoms with E-state index in [-0.39, 0.29) is 18.4 Å². The Balaban J connectivity index is 2.29. The van der Waals surface area contributed by atoms with E-state index < -0.39 is 0 Å². The van der Waals surface area contributed by atoms with Crippen LogP contribution in [0.3, 0.4) is 0 Å². The van der Waals surface area contributed by atoms with Gasteiger partial charge in [0.2, 0.25) is 11.8 Å². The molecule has 0 saturated heterocycles. The molecule has 0 heterocycles. The Bertz CT molecular complexity index is 781. The molecule has 2 aromatic carbocycles. The van der Waals surface area contributed by atoms with Gasteiger partial charge in [-0.15, -0.1) is 0 Å². The molecule has 0 spiro atoms. The van der Waals surface area contributed by atoms with Crippen molar-refractivity contribution in [3.05, 3.63) is 58.1 Å². The van der Waals surface area contributed by atoms with Crippen molar-refractivity contribution in [2.45, 2.75) is 41.5 Å². The second kappa shape index (κ2) is 7.51. The Morgan fingerprint density at radius 3 is 1.92 bits per heavy atom. The first-order chi connectivity index (χ1) is 11.7. The largest absolute Gasteiger partial charge is 0.324 e. The summed E-state index contributed by atoms with van der Waals surface area (Å²) in [6.45, 7) is 11.4. The number of carbonyl (C=O) groups is 2. The average molecular weight is 338 g/mol. The molecule has 0 atom stereocenters. The Kier molecular flexibility index (Phi) is 5.62. The Morgan fingerprint density at radius 1 is 0.920 bits per heavy atom. The molecule has 1 N–H and O–H groups in total. The molecule has 0 saturated carbocycles. The molecule has 132 valence electrons. The van der Waals surface area contributed by atoms with Crippen LogP contribution in [-0.4, -0.2) is 18.4 Å². The predicted octanol–water partition coefficient (Wildman–Crippen LogP) is 4.22. The van der Waals surface area contributed by atoms with Gasteiger partial charge in [0.15, 0.2) is 0 Å². The van der Waals surface area contributed by atoms with E-state index in [4.69, 9.17) is 0 Å². The van der Waals surface area contributed by atoms with Crippen LogP contribution in [0.25, 0.3) is 0 Å². The number of benzene rings is 2. The highest BCUT2D eigenvalue weighted by Gasteiger charge is 2.20. The predicted molar refractivity (Wildman–Crippen MR) is 103 cm³/mol. The third-order valence-corrected chi connectivity index (χ3v) is 4.33. The van der Waals surface area contributed by atoms with Crippen molar-refractivity contribution >= 4 is 23.2 Å². The van der Waals surface area contributed by atoms with E-state index in [1.165, 1.54) is 6.92 Å². The van der Waals surface area contributed by atoms with E-state index in [0.717, 1.165) is 39.2 Å². The summed E-state index contributed by atoms with van der Waals surface area (Å²) >= 11 is 0. The molecular weight excluding hydrogens is 312 g/mol. The summed E-state index contributed by atoms with van der Waals surface area (Å²) in [5.74, 6) is -0.348. The van der Waals surface area contributed by atoms with Crippen LogP contribution in [0.15, 0.2) is 30.3 Å². The molecule has 0 fully saturated rings. The van der Waals surface area contributed by atoms with E-state index >= 15 is 0 Å². The molecule has 2 aromatic rings. The summed E-state index contributed by atoms with van der Waals surface area (Å²) in [6, 6.07) is 9.93. The number of rotatable bonds is 4. The van der Waals surface area contributed by atoms with Crippen molar-refractivity contribution in [2.24, 2.45) is 0 Å². The fourth-order valence-corrected chi connectivity index (χ4v) is 3.28. The van der Waals surface area contributed by atoms with Crippen molar-refractivity contribution in [1.29, 1.82) is 0 Å². The van der Waals surface area contributed by atoms with Crippen LogP contribution in [0.4, 0.5) is 11.4 Å². The molecule has 4 heteroatoms. The Morgan fingerprint density at radius 2 is 1.44 bits per heavy atom. The number of nitrogens with one attached hydrogen (secondary N) is 1. The molecule has 2 rings (SSSR count). The first kappa shape index (κ1) is 18.7. The summed E-state index contributed by atoms with van der Waals surface area (Å²) in [4.78, 5) is 26.3. The normalized spacial score (nSPS) is 10.5. The number of nitrogens with zero attached hydrogens (tertiary/aromatic N) is 1. The molecule has 0 unspecified atom stereocenters.